The number of fused-ring (bicyclic) bond motifs is 1. The van der Waals surface area contributed by atoms with Gasteiger partial charge in [-0.25, -0.2) is 14.5 Å². The van der Waals surface area contributed by atoms with Gasteiger partial charge in [0.15, 0.2) is 5.82 Å². The van der Waals surface area contributed by atoms with Crippen LogP contribution in [0, 0.1) is 11.3 Å². The van der Waals surface area contributed by atoms with Crippen LogP contribution >= 0.6 is 0 Å². The van der Waals surface area contributed by atoms with E-state index < -0.39 is 12.1 Å². The van der Waals surface area contributed by atoms with E-state index >= 15 is 0 Å². The maximum Gasteiger partial charge on any atom is 0.490 e. The number of anilines is 2. The lowest BCUT2D eigenvalue weighted by molar-refractivity contribution is -0.192. The summed E-state index contributed by atoms with van der Waals surface area (Å²) < 4.78 is 33.5. The number of benzene rings is 2. The Balaban J connectivity index is 0.000000541. The highest BCUT2D eigenvalue weighted by Gasteiger charge is 2.38. The molecule has 3 heterocycles. The summed E-state index contributed by atoms with van der Waals surface area (Å²) in [4.78, 5) is 30.8. The molecule has 0 saturated carbocycles. The molecule has 1 saturated heterocycles. The average Bonchev–Trinajstić information content (AvgIpc) is 3.42. The third-order valence-corrected chi connectivity index (χ3v) is 6.65. The summed E-state index contributed by atoms with van der Waals surface area (Å²) in [5.41, 5.74) is 3.87. The van der Waals surface area contributed by atoms with Crippen molar-refractivity contribution in [1.82, 2.24) is 29.9 Å². The molecule has 0 atom stereocenters. The van der Waals surface area contributed by atoms with Crippen LogP contribution in [0.1, 0.15) is 15.9 Å². The molecule has 224 valence electrons. The highest BCUT2D eigenvalue weighted by atomic mass is 19.4. The number of nitriles is 1. The number of halogens is 3. The summed E-state index contributed by atoms with van der Waals surface area (Å²) in [7, 11) is 2.14. The van der Waals surface area contributed by atoms with Gasteiger partial charge in [0.25, 0.3) is 5.91 Å². The van der Waals surface area contributed by atoms with Crippen LogP contribution in [0.5, 0.6) is 0 Å². The predicted octanol–water partition coefficient (Wildman–Crippen LogP) is 3.65. The zero-order chi connectivity index (χ0) is 31.0. The number of alkyl halides is 3. The Bertz CT molecular complexity index is 1610. The van der Waals surface area contributed by atoms with E-state index in [9.17, 15) is 18.0 Å². The largest absolute Gasteiger partial charge is 0.490 e. The first-order valence-electron chi connectivity index (χ1n) is 13.2. The number of hydrogen-bond acceptors (Lipinski definition) is 8. The molecule has 2 aromatic heterocycles. The minimum atomic E-state index is -5.08. The van der Waals surface area contributed by atoms with Crippen molar-refractivity contribution in [3.05, 3.63) is 78.1 Å². The molecular weight excluding hydrogens is 565 g/mol. The van der Waals surface area contributed by atoms with E-state index in [2.05, 4.69) is 43.6 Å². The zero-order valence-electron chi connectivity index (χ0n) is 23.2. The second-order valence-corrected chi connectivity index (χ2v) is 9.75. The van der Waals surface area contributed by atoms with Crippen LogP contribution in [0.25, 0.3) is 16.7 Å². The second-order valence-electron chi connectivity index (χ2n) is 9.75. The molecule has 14 heteroatoms. The van der Waals surface area contributed by atoms with Crippen molar-refractivity contribution in [2.45, 2.75) is 6.18 Å². The highest BCUT2D eigenvalue weighted by Crippen LogP contribution is 2.24. The average molecular weight is 595 g/mol. The molecule has 1 amide bonds. The Morgan fingerprint density at radius 3 is 2.35 bits per heavy atom. The van der Waals surface area contributed by atoms with Crippen molar-refractivity contribution in [2.24, 2.45) is 0 Å². The summed E-state index contributed by atoms with van der Waals surface area (Å²) >= 11 is 0. The summed E-state index contributed by atoms with van der Waals surface area (Å²) in [6.07, 6.45) is -1.66. The van der Waals surface area contributed by atoms with Crippen molar-refractivity contribution in [3.8, 4) is 11.9 Å². The fourth-order valence-corrected chi connectivity index (χ4v) is 4.26. The Morgan fingerprint density at radius 2 is 1.70 bits per heavy atom. The number of carbonyl (C=O) groups excluding carboxylic acids is 1. The smallest absolute Gasteiger partial charge is 0.475 e. The van der Waals surface area contributed by atoms with Gasteiger partial charge >= 0.3 is 12.1 Å². The normalized spacial score (nSPS) is 13.9. The molecule has 0 radical (unpaired) electrons. The van der Waals surface area contributed by atoms with E-state index in [-0.39, 0.29) is 5.91 Å². The number of carboxylic acids is 1. The van der Waals surface area contributed by atoms with Crippen LogP contribution in [-0.2, 0) is 4.79 Å². The van der Waals surface area contributed by atoms with Gasteiger partial charge in [-0.05, 0) is 61.6 Å². The van der Waals surface area contributed by atoms with Gasteiger partial charge in [-0.3, -0.25) is 9.69 Å². The summed E-state index contributed by atoms with van der Waals surface area (Å²) in [6.45, 7) is 5.64. The van der Waals surface area contributed by atoms with Gasteiger partial charge in [-0.15, -0.1) is 0 Å². The molecule has 3 N–H and O–H groups in total. The van der Waals surface area contributed by atoms with Crippen LogP contribution in [0.2, 0.25) is 0 Å². The molecule has 0 unspecified atom stereocenters. The number of nitrogens with one attached hydrogen (secondary N) is 2. The van der Waals surface area contributed by atoms with Gasteiger partial charge in [0.05, 0.1) is 23.3 Å². The van der Waals surface area contributed by atoms with Crippen molar-refractivity contribution >= 4 is 34.2 Å². The van der Waals surface area contributed by atoms with Crippen LogP contribution in [0.3, 0.4) is 0 Å². The molecule has 1 aliphatic heterocycles. The molecule has 5 rings (SSSR count). The number of aliphatic carboxylic acids is 1. The molecule has 2 aromatic carbocycles. The fourth-order valence-electron chi connectivity index (χ4n) is 4.26. The first-order chi connectivity index (χ1) is 20.5. The lowest BCUT2D eigenvalue weighted by Gasteiger charge is -2.32. The van der Waals surface area contributed by atoms with Crippen molar-refractivity contribution in [2.75, 3.05) is 51.6 Å². The Labute approximate surface area is 245 Å². The van der Waals surface area contributed by atoms with Gasteiger partial charge in [-0.1, -0.05) is 0 Å². The van der Waals surface area contributed by atoms with Crippen LogP contribution in [-0.4, -0.2) is 94.0 Å². The number of likely N-dealkylation sites (N-methyl/N-ethyl adjacent to an activating group) is 1. The first-order valence-corrected chi connectivity index (χ1v) is 13.2. The molecule has 11 nitrogen and oxygen atoms in total. The number of pyridine rings is 1. The van der Waals surface area contributed by atoms with Gasteiger partial charge < -0.3 is 20.6 Å². The first kappa shape index (κ1) is 30.9. The lowest BCUT2D eigenvalue weighted by atomic mass is 10.2. The maximum absolute atomic E-state index is 12.8. The summed E-state index contributed by atoms with van der Waals surface area (Å²) in [5, 5.41) is 27.9. The van der Waals surface area contributed by atoms with E-state index in [1.54, 1.807) is 41.3 Å². The molecule has 43 heavy (non-hydrogen) atoms. The number of aromatic nitrogens is 3. The topological polar surface area (TPSA) is 139 Å². The number of carbonyl (C=O) groups is 2. The van der Waals surface area contributed by atoms with Gasteiger partial charge in [-0.2, -0.15) is 23.5 Å². The molecule has 0 aliphatic carbocycles. The summed E-state index contributed by atoms with van der Waals surface area (Å²) in [6, 6.07) is 18.9. The van der Waals surface area contributed by atoms with Gasteiger partial charge in [0.1, 0.15) is 0 Å². The van der Waals surface area contributed by atoms with Crippen LogP contribution in [0.15, 0.2) is 67.0 Å². The number of carboxylic acid groups (broad SMARTS) is 1. The number of rotatable bonds is 7. The number of nitrogens with zero attached hydrogens (tertiary/aromatic N) is 6. The standard InChI is InChI=1S/C27H28N8O.C2HF3O2/c1-33-12-14-34(15-13-33)11-10-30-27(36)21-8-9-29-26(17-21)35-25-7-6-24(16-22(25)19-31-35)32-23-4-2-20(18-28)3-5-23;3-2(4,5)1(6)7/h2-9,16-17,19,32H,10-15H2,1H3,(H,30,36);(H,6,7). The highest BCUT2D eigenvalue weighted by molar-refractivity contribution is 5.94. The zero-order valence-corrected chi connectivity index (χ0v) is 23.2. The molecule has 0 spiro atoms. The number of amides is 1. The van der Waals surface area contributed by atoms with Gasteiger partial charge in [0, 0.05) is 67.8 Å². The molecule has 4 aromatic rings. The minimum Gasteiger partial charge on any atom is -0.475 e. The van der Waals surface area contributed by atoms with Crippen molar-refractivity contribution in [3.63, 3.8) is 0 Å². The van der Waals surface area contributed by atoms with Crippen LogP contribution in [0.4, 0.5) is 24.5 Å². The minimum absolute atomic E-state index is 0.113. The SMILES string of the molecule is CN1CCN(CCNC(=O)c2ccnc(-n3ncc4cc(Nc5ccc(C#N)cc5)ccc43)c2)CC1.O=C(O)C(F)(F)F. The Morgan fingerprint density at radius 1 is 1.02 bits per heavy atom. The predicted molar refractivity (Wildman–Crippen MR) is 153 cm³/mol. The van der Waals surface area contributed by atoms with E-state index in [1.165, 1.54) is 0 Å². The fraction of sp³-hybridized carbons (Fsp3) is 0.276. The van der Waals surface area contributed by atoms with Crippen molar-refractivity contribution < 1.29 is 27.9 Å². The Hall–Kier alpha value is -5.00. The third-order valence-electron chi connectivity index (χ3n) is 6.65. The molecule has 1 aliphatic rings. The number of hydrogen-bond donors (Lipinski definition) is 3. The monoisotopic (exact) mass is 594 g/mol. The second kappa shape index (κ2) is 13.8. The molecule has 0 bridgehead atoms. The molecule has 1 fully saturated rings. The Kier molecular flexibility index (Phi) is 9.91. The van der Waals surface area contributed by atoms with E-state index in [1.807, 2.05) is 30.3 Å². The number of piperazine rings is 1. The van der Waals surface area contributed by atoms with E-state index in [4.69, 9.17) is 15.2 Å². The maximum atomic E-state index is 12.8. The quantitative estimate of drug-likeness (QED) is 0.293. The lowest BCUT2D eigenvalue weighted by Crippen LogP contribution is -2.46. The third kappa shape index (κ3) is 8.51. The van der Waals surface area contributed by atoms with Gasteiger partial charge in [0.2, 0.25) is 0 Å². The van der Waals surface area contributed by atoms with E-state index in [0.29, 0.717) is 23.5 Å². The van der Waals surface area contributed by atoms with Crippen molar-refractivity contribution in [1.29, 1.82) is 5.26 Å². The van der Waals surface area contributed by atoms with E-state index in [0.717, 1.165) is 55.0 Å². The molecular formula is C29H29F3N8O3. The van der Waals surface area contributed by atoms with Crippen LogP contribution < -0.4 is 10.6 Å². The summed E-state index contributed by atoms with van der Waals surface area (Å²) in [5.74, 6) is -2.28.